The first-order valence-electron chi connectivity index (χ1n) is 21.4. The highest BCUT2D eigenvalue weighted by Gasteiger charge is 2.44. The van der Waals surface area contributed by atoms with Crippen molar-refractivity contribution in [1.82, 2.24) is 0 Å². The number of hydrogen-bond acceptors (Lipinski definition) is 3. The molecular formula is C58H40BN3. The molecule has 0 saturated carbocycles. The molecule has 0 bridgehead atoms. The Morgan fingerprint density at radius 3 is 1.42 bits per heavy atom. The van der Waals surface area contributed by atoms with Gasteiger partial charge in [-0.2, -0.15) is 0 Å². The van der Waals surface area contributed by atoms with E-state index in [1.165, 1.54) is 72.2 Å². The molecule has 0 saturated heterocycles. The van der Waals surface area contributed by atoms with Crippen LogP contribution >= 0.6 is 0 Å². The van der Waals surface area contributed by atoms with Crippen molar-refractivity contribution in [3.05, 3.63) is 243 Å². The van der Waals surface area contributed by atoms with E-state index in [1.807, 2.05) is 0 Å². The zero-order chi connectivity index (χ0) is 41.0. The number of nitrogens with zero attached hydrogens (tertiary/aromatic N) is 3. The minimum atomic E-state index is -0.0506. The highest BCUT2D eigenvalue weighted by Crippen LogP contribution is 2.49. The van der Waals surface area contributed by atoms with Gasteiger partial charge in [0.1, 0.15) is 0 Å². The van der Waals surface area contributed by atoms with Crippen molar-refractivity contribution in [3.63, 3.8) is 0 Å². The molecule has 3 nitrogen and oxygen atoms in total. The summed E-state index contributed by atoms with van der Waals surface area (Å²) in [6.45, 7) is -0.0506. The zero-order valence-electron chi connectivity index (χ0n) is 34.0. The molecule has 0 amide bonds. The van der Waals surface area contributed by atoms with E-state index < -0.39 is 0 Å². The Bertz CT molecular complexity index is 3210. The maximum absolute atomic E-state index is 2.51. The summed E-state index contributed by atoms with van der Waals surface area (Å²) in [5.41, 5.74) is 19.0. The van der Waals surface area contributed by atoms with Crippen LogP contribution in [0.5, 0.6) is 0 Å². The predicted molar refractivity (Wildman–Crippen MR) is 264 cm³/mol. The van der Waals surface area contributed by atoms with Gasteiger partial charge in [0.2, 0.25) is 0 Å². The minimum absolute atomic E-state index is 0.0506. The fourth-order valence-corrected chi connectivity index (χ4v) is 9.94. The second kappa shape index (κ2) is 14.9. The van der Waals surface area contributed by atoms with Crippen LogP contribution in [0.1, 0.15) is 0 Å². The third-order valence-electron chi connectivity index (χ3n) is 12.6. The Labute approximate surface area is 363 Å². The molecule has 10 aromatic carbocycles. The van der Waals surface area contributed by atoms with Crippen molar-refractivity contribution < 1.29 is 0 Å². The molecule has 0 radical (unpaired) electrons. The lowest BCUT2D eigenvalue weighted by atomic mass is 9.33. The van der Waals surface area contributed by atoms with Gasteiger partial charge in [0, 0.05) is 50.9 Å². The van der Waals surface area contributed by atoms with Gasteiger partial charge < -0.3 is 14.7 Å². The van der Waals surface area contributed by atoms with Crippen LogP contribution in [-0.2, 0) is 0 Å². The highest BCUT2D eigenvalue weighted by atomic mass is 15.2. The Morgan fingerprint density at radius 2 is 0.790 bits per heavy atom. The van der Waals surface area contributed by atoms with E-state index in [0.717, 1.165) is 28.4 Å². The van der Waals surface area contributed by atoms with Crippen LogP contribution in [0.2, 0.25) is 0 Å². The predicted octanol–water partition coefficient (Wildman–Crippen LogP) is 13.7. The van der Waals surface area contributed by atoms with Crippen LogP contribution in [-0.4, -0.2) is 6.71 Å². The van der Waals surface area contributed by atoms with Crippen molar-refractivity contribution in [2.45, 2.75) is 0 Å². The number of rotatable bonds is 7. The van der Waals surface area contributed by atoms with E-state index in [0.29, 0.717) is 0 Å². The smallest absolute Gasteiger partial charge is 0.252 e. The van der Waals surface area contributed by atoms with E-state index in [9.17, 15) is 0 Å². The summed E-state index contributed by atoms with van der Waals surface area (Å²) in [7, 11) is 0. The number of anilines is 9. The van der Waals surface area contributed by atoms with Crippen LogP contribution in [0.3, 0.4) is 0 Å². The van der Waals surface area contributed by atoms with Crippen molar-refractivity contribution in [3.8, 4) is 22.3 Å². The molecule has 0 aromatic heterocycles. The second-order valence-corrected chi connectivity index (χ2v) is 16.1. The summed E-state index contributed by atoms with van der Waals surface area (Å²) in [5, 5.41) is 2.44. The van der Waals surface area contributed by atoms with Gasteiger partial charge in [-0.15, -0.1) is 0 Å². The molecule has 0 unspecified atom stereocenters. The standard InChI is InChI=1S/C58H40BN3/c1-6-20-41(21-7-1)43-24-18-31-48(38-43)62-53-35-19-34-52-58(53)59(51-37-36-44(39-55(51)62)42-22-8-2-9-23-42)57-50-33-17-16-32-49(50)54(40-56(57)61(52)47-29-14-5-15-30-47)60(45-25-10-3-11-26-45)46-27-12-4-13-28-46/h1-40H. The number of benzene rings is 10. The molecular weight excluding hydrogens is 749 g/mol. The van der Waals surface area contributed by atoms with E-state index >= 15 is 0 Å². The highest BCUT2D eigenvalue weighted by molar-refractivity contribution is 7.01. The molecule has 4 heteroatoms. The lowest BCUT2D eigenvalue weighted by Gasteiger charge is -2.45. The van der Waals surface area contributed by atoms with Crippen molar-refractivity contribution in [2.75, 3.05) is 14.7 Å². The summed E-state index contributed by atoms with van der Waals surface area (Å²) < 4.78 is 0. The number of para-hydroxylation sites is 3. The normalized spacial score (nSPS) is 12.4. The zero-order valence-corrected chi connectivity index (χ0v) is 34.0. The molecule has 0 aliphatic carbocycles. The fourth-order valence-electron chi connectivity index (χ4n) is 9.94. The minimum Gasteiger partial charge on any atom is -0.311 e. The van der Waals surface area contributed by atoms with Crippen molar-refractivity contribution in [2.24, 2.45) is 0 Å². The van der Waals surface area contributed by atoms with Gasteiger partial charge in [0.15, 0.2) is 0 Å². The van der Waals surface area contributed by atoms with E-state index in [-0.39, 0.29) is 6.71 Å². The Balaban J connectivity index is 1.18. The van der Waals surface area contributed by atoms with E-state index in [1.54, 1.807) is 0 Å². The van der Waals surface area contributed by atoms with Gasteiger partial charge in [-0.3, -0.25) is 0 Å². The summed E-state index contributed by atoms with van der Waals surface area (Å²) in [6, 6.07) is 88.5. The molecule has 0 atom stereocenters. The Hall–Kier alpha value is -8.08. The molecule has 0 N–H and O–H groups in total. The van der Waals surface area contributed by atoms with Gasteiger partial charge >= 0.3 is 0 Å². The monoisotopic (exact) mass is 789 g/mol. The van der Waals surface area contributed by atoms with E-state index in [2.05, 4.69) is 257 Å². The molecule has 0 spiro atoms. The quantitative estimate of drug-likeness (QED) is 0.149. The first-order valence-corrected chi connectivity index (χ1v) is 21.4. The summed E-state index contributed by atoms with van der Waals surface area (Å²) in [5.74, 6) is 0. The molecule has 0 fully saturated rings. The SMILES string of the molecule is c1ccc(-c2cccc(N3c4cc(-c5ccccc5)ccc4B4c5c3cccc5N(c3ccccc3)c3cc(N(c5ccccc5)c5ccccc5)c5ccccc5c34)c2)cc1. The average molecular weight is 790 g/mol. The third kappa shape index (κ3) is 5.83. The first kappa shape index (κ1) is 35.8. The summed E-state index contributed by atoms with van der Waals surface area (Å²) in [6.07, 6.45) is 0. The molecule has 2 aliphatic heterocycles. The summed E-state index contributed by atoms with van der Waals surface area (Å²) >= 11 is 0. The molecule has 2 heterocycles. The summed E-state index contributed by atoms with van der Waals surface area (Å²) in [4.78, 5) is 7.44. The molecule has 290 valence electrons. The van der Waals surface area contributed by atoms with Crippen LogP contribution in [0.15, 0.2) is 243 Å². The Kier molecular flexibility index (Phi) is 8.60. The average Bonchev–Trinajstić information content (AvgIpc) is 3.35. The fraction of sp³-hybridized carbons (Fsp3) is 0. The van der Waals surface area contributed by atoms with Crippen molar-refractivity contribution in [1.29, 1.82) is 0 Å². The lowest BCUT2D eigenvalue weighted by molar-refractivity contribution is 1.25. The van der Waals surface area contributed by atoms with Crippen LogP contribution in [0, 0.1) is 0 Å². The molecule has 12 rings (SSSR count). The molecule has 2 aliphatic rings. The first-order chi connectivity index (χ1) is 30.8. The van der Waals surface area contributed by atoms with Crippen LogP contribution < -0.4 is 31.1 Å². The maximum Gasteiger partial charge on any atom is 0.252 e. The van der Waals surface area contributed by atoms with Gasteiger partial charge in [0.25, 0.3) is 6.71 Å². The second-order valence-electron chi connectivity index (χ2n) is 16.1. The topological polar surface area (TPSA) is 9.72 Å². The largest absolute Gasteiger partial charge is 0.311 e. The van der Waals surface area contributed by atoms with E-state index in [4.69, 9.17) is 0 Å². The molecule has 62 heavy (non-hydrogen) atoms. The van der Waals surface area contributed by atoms with Crippen LogP contribution in [0.25, 0.3) is 33.0 Å². The maximum atomic E-state index is 2.51. The van der Waals surface area contributed by atoms with Crippen LogP contribution in [0.4, 0.5) is 51.2 Å². The van der Waals surface area contributed by atoms with Gasteiger partial charge in [0.05, 0.1) is 5.69 Å². The number of hydrogen-bond donors (Lipinski definition) is 0. The van der Waals surface area contributed by atoms with Gasteiger partial charge in [-0.25, -0.2) is 0 Å². The van der Waals surface area contributed by atoms with Crippen molar-refractivity contribution >= 4 is 85.1 Å². The van der Waals surface area contributed by atoms with Gasteiger partial charge in [-0.05, 0) is 117 Å². The third-order valence-corrected chi connectivity index (χ3v) is 12.6. The Morgan fingerprint density at radius 1 is 0.306 bits per heavy atom. The number of fused-ring (bicyclic) bond motifs is 6. The molecule has 10 aromatic rings. The van der Waals surface area contributed by atoms with Gasteiger partial charge in [-0.1, -0.05) is 170 Å². The lowest BCUT2D eigenvalue weighted by Crippen LogP contribution is -2.61.